The first kappa shape index (κ1) is 13.1. The molecule has 0 radical (unpaired) electrons. The molecular weight excluding hydrogens is 230 g/mol. The molecule has 1 aliphatic heterocycles. The van der Waals surface area contributed by atoms with Crippen molar-refractivity contribution in [1.29, 1.82) is 0 Å². The van der Waals surface area contributed by atoms with Gasteiger partial charge in [-0.2, -0.15) is 0 Å². The second-order valence-electron chi connectivity index (χ2n) is 4.57. The van der Waals surface area contributed by atoms with Gasteiger partial charge in [-0.05, 0) is 25.0 Å². The zero-order valence-electron chi connectivity index (χ0n) is 10.4. The van der Waals surface area contributed by atoms with Crippen molar-refractivity contribution in [2.45, 2.75) is 25.3 Å². The molecule has 1 aliphatic rings. The van der Waals surface area contributed by atoms with Crippen molar-refractivity contribution < 1.29 is 14.6 Å². The summed E-state index contributed by atoms with van der Waals surface area (Å²) in [6.07, 6.45) is 3.20. The van der Waals surface area contributed by atoms with Crippen LogP contribution < -0.4 is 0 Å². The fraction of sp³-hybridized carbons (Fsp3) is 0.500. The molecule has 4 heteroatoms. The van der Waals surface area contributed by atoms with Gasteiger partial charge in [-0.15, -0.1) is 0 Å². The molecule has 98 valence electrons. The highest BCUT2D eigenvalue weighted by Gasteiger charge is 2.22. The molecule has 2 rings (SSSR count). The molecule has 1 saturated heterocycles. The van der Waals surface area contributed by atoms with Crippen molar-refractivity contribution in [3.05, 3.63) is 35.9 Å². The average molecular weight is 249 g/mol. The van der Waals surface area contributed by atoms with Gasteiger partial charge in [0.05, 0.1) is 12.2 Å². The number of nitrogens with zero attached hydrogens (tertiary/aromatic N) is 1. The van der Waals surface area contributed by atoms with Crippen molar-refractivity contribution in [2.75, 3.05) is 19.9 Å². The number of likely N-dealkylation sites (tertiary alicyclic amines) is 1. The average Bonchev–Trinajstić information content (AvgIpc) is 2.46. The lowest BCUT2D eigenvalue weighted by molar-refractivity contribution is -0.0114. The number of esters is 1. The SMILES string of the molecule is O=C(OCN1CCCCC1CO)c1ccccc1. The van der Waals surface area contributed by atoms with Crippen LogP contribution in [0, 0.1) is 0 Å². The number of benzene rings is 1. The van der Waals surface area contributed by atoms with E-state index in [-0.39, 0.29) is 25.3 Å². The van der Waals surface area contributed by atoms with Gasteiger partial charge in [0.25, 0.3) is 0 Å². The number of hydrogen-bond donors (Lipinski definition) is 1. The van der Waals surface area contributed by atoms with E-state index in [0.717, 1.165) is 25.8 Å². The van der Waals surface area contributed by atoms with Crippen molar-refractivity contribution in [1.82, 2.24) is 4.90 Å². The van der Waals surface area contributed by atoms with Crippen LogP contribution >= 0.6 is 0 Å². The number of piperidine rings is 1. The summed E-state index contributed by atoms with van der Waals surface area (Å²) in [6, 6.07) is 9.09. The summed E-state index contributed by atoms with van der Waals surface area (Å²) < 4.78 is 5.28. The third kappa shape index (κ3) is 3.31. The molecule has 0 aliphatic carbocycles. The fourth-order valence-electron chi connectivity index (χ4n) is 2.24. The molecule has 1 fully saturated rings. The molecule has 0 amide bonds. The Morgan fingerprint density at radius 1 is 1.33 bits per heavy atom. The van der Waals surface area contributed by atoms with Crippen LogP contribution in [0.2, 0.25) is 0 Å². The summed E-state index contributed by atoms with van der Waals surface area (Å²) in [7, 11) is 0. The molecule has 0 spiro atoms. The van der Waals surface area contributed by atoms with E-state index in [1.165, 1.54) is 0 Å². The number of carbonyl (C=O) groups excluding carboxylic acids is 1. The summed E-state index contributed by atoms with van der Waals surface area (Å²) in [5.41, 5.74) is 0.565. The molecule has 0 aromatic heterocycles. The smallest absolute Gasteiger partial charge is 0.339 e. The highest BCUT2D eigenvalue weighted by Crippen LogP contribution is 2.16. The Morgan fingerprint density at radius 3 is 2.83 bits per heavy atom. The normalized spacial score (nSPS) is 20.6. The van der Waals surface area contributed by atoms with Crippen molar-refractivity contribution >= 4 is 5.97 Å². The van der Waals surface area contributed by atoms with E-state index in [0.29, 0.717) is 5.56 Å². The van der Waals surface area contributed by atoms with Crippen LogP contribution in [0.4, 0.5) is 0 Å². The first-order chi connectivity index (χ1) is 8.81. The van der Waals surface area contributed by atoms with E-state index in [9.17, 15) is 9.90 Å². The molecule has 18 heavy (non-hydrogen) atoms. The van der Waals surface area contributed by atoms with Crippen molar-refractivity contribution in [2.24, 2.45) is 0 Å². The molecular formula is C14H19NO3. The highest BCUT2D eigenvalue weighted by atomic mass is 16.5. The summed E-state index contributed by atoms with van der Waals surface area (Å²) in [5, 5.41) is 9.26. The van der Waals surface area contributed by atoms with Crippen LogP contribution in [-0.4, -0.2) is 41.9 Å². The molecule has 4 nitrogen and oxygen atoms in total. The maximum atomic E-state index is 11.8. The van der Waals surface area contributed by atoms with Crippen molar-refractivity contribution in [3.63, 3.8) is 0 Å². The number of carbonyl (C=O) groups is 1. The molecule has 1 aromatic rings. The van der Waals surface area contributed by atoms with Gasteiger partial charge in [0.2, 0.25) is 0 Å². The lowest BCUT2D eigenvalue weighted by Gasteiger charge is -2.33. The Bertz CT molecular complexity index is 380. The number of ether oxygens (including phenoxy) is 1. The van der Waals surface area contributed by atoms with Crippen LogP contribution in [0.5, 0.6) is 0 Å². The molecule has 1 N–H and O–H groups in total. The molecule has 1 atom stereocenters. The van der Waals surface area contributed by atoms with Gasteiger partial charge >= 0.3 is 5.97 Å². The summed E-state index contributed by atoms with van der Waals surface area (Å²) >= 11 is 0. The maximum absolute atomic E-state index is 11.8. The predicted octanol–water partition coefficient (Wildman–Crippen LogP) is 1.65. The Labute approximate surface area is 107 Å². The number of hydrogen-bond acceptors (Lipinski definition) is 4. The Kier molecular flexibility index (Phi) is 4.73. The quantitative estimate of drug-likeness (QED) is 0.824. The fourth-order valence-corrected chi connectivity index (χ4v) is 2.24. The zero-order valence-corrected chi connectivity index (χ0v) is 10.4. The van der Waals surface area contributed by atoms with E-state index in [1.54, 1.807) is 12.1 Å². The lowest BCUT2D eigenvalue weighted by atomic mass is 10.0. The second kappa shape index (κ2) is 6.52. The van der Waals surface area contributed by atoms with Gasteiger partial charge in [0, 0.05) is 12.6 Å². The van der Waals surface area contributed by atoms with Crippen LogP contribution in [0.3, 0.4) is 0 Å². The minimum atomic E-state index is -0.308. The number of aliphatic hydroxyl groups excluding tert-OH is 1. The Morgan fingerprint density at radius 2 is 2.11 bits per heavy atom. The predicted molar refractivity (Wildman–Crippen MR) is 68.2 cm³/mol. The minimum absolute atomic E-state index is 0.127. The third-order valence-corrected chi connectivity index (χ3v) is 3.33. The summed E-state index contributed by atoms with van der Waals surface area (Å²) in [4.78, 5) is 13.8. The first-order valence-corrected chi connectivity index (χ1v) is 6.38. The maximum Gasteiger partial charge on any atom is 0.339 e. The van der Waals surface area contributed by atoms with Crippen LogP contribution in [0.25, 0.3) is 0 Å². The van der Waals surface area contributed by atoms with Gasteiger partial charge < -0.3 is 9.84 Å². The van der Waals surface area contributed by atoms with Gasteiger partial charge in [0.15, 0.2) is 0 Å². The van der Waals surface area contributed by atoms with Crippen LogP contribution in [-0.2, 0) is 4.74 Å². The topological polar surface area (TPSA) is 49.8 Å². The van der Waals surface area contributed by atoms with Gasteiger partial charge in [-0.1, -0.05) is 24.6 Å². The van der Waals surface area contributed by atoms with E-state index in [2.05, 4.69) is 0 Å². The molecule has 0 bridgehead atoms. The minimum Gasteiger partial charge on any atom is -0.446 e. The van der Waals surface area contributed by atoms with E-state index < -0.39 is 0 Å². The number of rotatable bonds is 4. The van der Waals surface area contributed by atoms with Crippen LogP contribution in [0.15, 0.2) is 30.3 Å². The van der Waals surface area contributed by atoms with Crippen LogP contribution in [0.1, 0.15) is 29.6 Å². The van der Waals surface area contributed by atoms with Gasteiger partial charge in [-0.3, -0.25) is 4.90 Å². The molecule has 1 aromatic carbocycles. The monoisotopic (exact) mass is 249 g/mol. The van der Waals surface area contributed by atoms with Gasteiger partial charge in [0.1, 0.15) is 6.73 Å². The van der Waals surface area contributed by atoms with E-state index in [4.69, 9.17) is 4.74 Å². The lowest BCUT2D eigenvalue weighted by Crippen LogP contribution is -2.43. The second-order valence-corrected chi connectivity index (χ2v) is 4.57. The summed E-state index contributed by atoms with van der Waals surface area (Å²) in [6.45, 7) is 1.27. The molecule has 1 heterocycles. The van der Waals surface area contributed by atoms with Crippen molar-refractivity contribution in [3.8, 4) is 0 Å². The van der Waals surface area contributed by atoms with E-state index >= 15 is 0 Å². The Hall–Kier alpha value is -1.39. The standard InChI is InChI=1S/C14H19NO3/c16-10-13-8-4-5-9-15(13)11-18-14(17)12-6-2-1-3-7-12/h1-3,6-7,13,16H,4-5,8-11H2. The number of aliphatic hydroxyl groups is 1. The molecule has 0 saturated carbocycles. The highest BCUT2D eigenvalue weighted by molar-refractivity contribution is 5.89. The van der Waals surface area contributed by atoms with E-state index in [1.807, 2.05) is 23.1 Å². The first-order valence-electron chi connectivity index (χ1n) is 6.38. The van der Waals surface area contributed by atoms with Gasteiger partial charge in [-0.25, -0.2) is 4.79 Å². The molecule has 1 unspecified atom stereocenters. The third-order valence-electron chi connectivity index (χ3n) is 3.33. The largest absolute Gasteiger partial charge is 0.446 e. The Balaban J connectivity index is 1.85. The zero-order chi connectivity index (χ0) is 12.8. The summed E-state index contributed by atoms with van der Waals surface area (Å²) in [5.74, 6) is -0.308.